The van der Waals surface area contributed by atoms with Gasteiger partial charge in [0, 0.05) is 24.2 Å². The van der Waals surface area contributed by atoms with Gasteiger partial charge in [-0.1, -0.05) is 0 Å². The van der Waals surface area contributed by atoms with E-state index in [0.29, 0.717) is 5.70 Å². The maximum atomic E-state index is 9.43. The number of aliphatic hydroxyl groups excluding tert-OH is 2. The van der Waals surface area contributed by atoms with Gasteiger partial charge in [-0.2, -0.15) is 0 Å². The first-order valence-electron chi connectivity index (χ1n) is 12.8. The molecule has 0 saturated carbocycles. The zero-order valence-corrected chi connectivity index (χ0v) is 20.4. The Kier molecular flexibility index (Phi) is 6.65. The van der Waals surface area contributed by atoms with Crippen molar-refractivity contribution in [2.75, 3.05) is 26.4 Å². The second-order valence-electron chi connectivity index (χ2n) is 9.08. The van der Waals surface area contributed by atoms with E-state index in [9.17, 15) is 11.6 Å². The average molecular weight is 490 g/mol. The molecule has 0 saturated heterocycles. The Morgan fingerprint density at radius 3 is 2.28 bits per heavy atom. The molecule has 1 aromatic heterocycles. The molecule has 0 aromatic carbocycles. The van der Waals surface area contributed by atoms with Crippen LogP contribution in [0.2, 0.25) is 0 Å². The van der Waals surface area contributed by atoms with Gasteiger partial charge < -0.3 is 30.0 Å². The fraction of sp³-hybridized carbons (Fsp3) is 0.357. The number of nitrogens with zero attached hydrogens (tertiary/aromatic N) is 2. The van der Waals surface area contributed by atoms with Crippen LogP contribution in [0.1, 0.15) is 21.6 Å². The first-order valence-corrected chi connectivity index (χ1v) is 12.2. The summed E-state index contributed by atoms with van der Waals surface area (Å²) in [6, 6.07) is 4.00. The number of aliphatic hydroxyl groups is 2. The van der Waals surface area contributed by atoms with E-state index in [0.717, 1.165) is 39.1 Å². The van der Waals surface area contributed by atoms with Crippen molar-refractivity contribution in [2.45, 2.75) is 38.0 Å². The summed E-state index contributed by atoms with van der Waals surface area (Å²) in [4.78, 5) is 12.9. The average Bonchev–Trinajstić information content (AvgIpc) is 3.66. The Bertz CT molecular complexity index is 1400. The van der Waals surface area contributed by atoms with Crippen molar-refractivity contribution in [1.82, 2.24) is 10.3 Å². The molecule has 4 aliphatic heterocycles. The molecule has 5 rings (SSSR count). The van der Waals surface area contributed by atoms with Crippen molar-refractivity contribution in [3.63, 3.8) is 0 Å². The highest BCUT2D eigenvalue weighted by molar-refractivity contribution is 6.20. The van der Waals surface area contributed by atoms with Gasteiger partial charge in [0.25, 0.3) is 0 Å². The van der Waals surface area contributed by atoms with Gasteiger partial charge >= 0.3 is 0 Å². The molecular formula is C28H32N4O4. The maximum absolute atomic E-state index is 9.43. The lowest BCUT2D eigenvalue weighted by atomic mass is 9.86. The van der Waals surface area contributed by atoms with Crippen molar-refractivity contribution in [3.05, 3.63) is 82.0 Å². The molecule has 0 radical (unpaired) electrons. The van der Waals surface area contributed by atoms with Crippen LogP contribution in [0.4, 0.5) is 0 Å². The third-order valence-corrected chi connectivity index (χ3v) is 6.47. The molecule has 36 heavy (non-hydrogen) atoms. The van der Waals surface area contributed by atoms with E-state index in [-0.39, 0.29) is 26.4 Å². The van der Waals surface area contributed by atoms with Crippen molar-refractivity contribution in [2.24, 2.45) is 9.98 Å². The lowest BCUT2D eigenvalue weighted by Gasteiger charge is -2.34. The molecular weight excluding hydrogens is 456 g/mol. The molecule has 0 spiro atoms. The van der Waals surface area contributed by atoms with Gasteiger partial charge in [-0.25, -0.2) is 9.98 Å². The third-order valence-electron chi connectivity index (χ3n) is 6.47. The minimum Gasteiger partial charge on any atom is -0.394 e. The molecule has 8 nitrogen and oxygen atoms in total. The number of ether oxygens (including phenoxy) is 2. The Labute approximate surface area is 211 Å². The SMILES string of the molecule is [2H]C1C(C(C)OCCO)=C2/C=C3/C=CC(=N3)/C=c3/cc/c([nH]3)=C/C3=NC(=C\C1(C(C)OCCO)N2)/C=C3. The largest absolute Gasteiger partial charge is 0.394 e. The van der Waals surface area contributed by atoms with E-state index in [1.807, 2.05) is 74.6 Å². The lowest BCUT2D eigenvalue weighted by molar-refractivity contribution is 0.000355. The van der Waals surface area contributed by atoms with Gasteiger partial charge in [0.05, 0.1) is 67.0 Å². The lowest BCUT2D eigenvalue weighted by Crippen LogP contribution is -2.49. The molecule has 4 atom stereocenters. The van der Waals surface area contributed by atoms with E-state index < -0.39 is 24.1 Å². The minimum absolute atomic E-state index is 0.110. The Balaban J connectivity index is 1.69. The smallest absolute Gasteiger partial charge is 0.0878 e. The summed E-state index contributed by atoms with van der Waals surface area (Å²) in [5.74, 6) is 0. The zero-order valence-electron chi connectivity index (χ0n) is 21.4. The standard InChI is InChI=1S/C28H32N4O4/c1-18(35-11-9-33)26-17-28(19(2)36-12-10-34)16-25-8-7-23(31-25)14-21-4-3-20(29-21)13-22-5-6-24(30-22)15-27(26)32-28/h3-8,13-16,18-19,29,32-34H,9-12,17H2,1-2H3/b20-13-,21-14-,24-15-,25-16-/i17D. The van der Waals surface area contributed by atoms with Gasteiger partial charge in [0.1, 0.15) is 0 Å². The first-order chi connectivity index (χ1) is 17.9. The monoisotopic (exact) mass is 489 g/mol. The molecule has 4 aliphatic rings. The second-order valence-corrected chi connectivity index (χ2v) is 9.08. The van der Waals surface area contributed by atoms with Crippen LogP contribution in [0.5, 0.6) is 0 Å². The number of hydrogen-bond donors (Lipinski definition) is 4. The van der Waals surface area contributed by atoms with Gasteiger partial charge in [0.2, 0.25) is 0 Å². The number of hydrogen-bond acceptors (Lipinski definition) is 7. The van der Waals surface area contributed by atoms with Crippen LogP contribution in [0.25, 0.3) is 12.2 Å². The predicted molar refractivity (Wildman–Crippen MR) is 141 cm³/mol. The number of aromatic nitrogens is 1. The molecule has 0 aliphatic carbocycles. The van der Waals surface area contributed by atoms with E-state index >= 15 is 0 Å². The molecule has 4 N–H and O–H groups in total. The molecule has 0 amide bonds. The molecule has 8 heteroatoms. The topological polar surface area (TPSA) is 111 Å². The van der Waals surface area contributed by atoms with Crippen molar-refractivity contribution >= 4 is 23.6 Å². The summed E-state index contributed by atoms with van der Waals surface area (Å²) in [6.07, 6.45) is 13.8. The van der Waals surface area contributed by atoms with Gasteiger partial charge in [0.15, 0.2) is 0 Å². The molecule has 0 fully saturated rings. The number of nitrogens with one attached hydrogen (secondary N) is 2. The summed E-state index contributed by atoms with van der Waals surface area (Å²) in [7, 11) is 0. The zero-order chi connectivity index (χ0) is 26.0. The Hall–Kier alpha value is -3.30. The van der Waals surface area contributed by atoms with Crippen LogP contribution in [0.15, 0.2) is 81.2 Å². The number of aromatic amines is 1. The highest BCUT2D eigenvalue weighted by atomic mass is 16.5. The molecule has 5 heterocycles. The van der Waals surface area contributed by atoms with Gasteiger partial charge in [-0.15, -0.1) is 0 Å². The highest BCUT2D eigenvalue weighted by Gasteiger charge is 2.43. The van der Waals surface area contributed by atoms with Gasteiger partial charge in [-0.3, -0.25) is 0 Å². The fourth-order valence-electron chi connectivity index (χ4n) is 4.65. The molecule has 8 bridgehead atoms. The summed E-state index contributed by atoms with van der Waals surface area (Å²) >= 11 is 0. The number of aliphatic imine (C=N–C) groups is 2. The van der Waals surface area contributed by atoms with Crippen molar-refractivity contribution in [3.8, 4) is 0 Å². The molecule has 188 valence electrons. The van der Waals surface area contributed by atoms with E-state index in [4.69, 9.17) is 19.5 Å². The summed E-state index contributed by atoms with van der Waals surface area (Å²) in [6.45, 7) is 3.84. The Morgan fingerprint density at radius 1 is 0.944 bits per heavy atom. The minimum atomic E-state index is -0.996. The van der Waals surface area contributed by atoms with Crippen molar-refractivity contribution in [1.29, 1.82) is 0 Å². The maximum Gasteiger partial charge on any atom is 0.0878 e. The summed E-state index contributed by atoms with van der Waals surface area (Å²) in [5.41, 5.74) is 3.51. The quantitative estimate of drug-likeness (QED) is 0.438. The van der Waals surface area contributed by atoms with Crippen LogP contribution in [-0.2, 0) is 9.47 Å². The predicted octanol–water partition coefficient (Wildman–Crippen LogP) is 1.16. The molecule has 4 unspecified atom stereocenters. The van der Waals surface area contributed by atoms with Crippen LogP contribution >= 0.6 is 0 Å². The van der Waals surface area contributed by atoms with Crippen LogP contribution in [0, 0.1) is 0 Å². The van der Waals surface area contributed by atoms with Crippen LogP contribution in [0.3, 0.4) is 0 Å². The molecule has 1 aromatic rings. The van der Waals surface area contributed by atoms with Gasteiger partial charge in [-0.05, 0) is 80.2 Å². The number of rotatable bonds is 8. The number of fused-ring (bicyclic) bond motifs is 6. The van der Waals surface area contributed by atoms with E-state index in [1.165, 1.54) is 0 Å². The highest BCUT2D eigenvalue weighted by Crippen LogP contribution is 2.38. The van der Waals surface area contributed by atoms with E-state index in [1.54, 1.807) is 0 Å². The fourth-order valence-corrected chi connectivity index (χ4v) is 4.65. The summed E-state index contributed by atoms with van der Waals surface area (Å²) < 4.78 is 21.3. The van der Waals surface area contributed by atoms with E-state index in [2.05, 4.69) is 10.3 Å². The third kappa shape index (κ3) is 5.12. The second kappa shape index (κ2) is 10.4. The van der Waals surface area contributed by atoms with Crippen LogP contribution in [-0.4, -0.2) is 70.8 Å². The normalized spacial score (nSPS) is 31.1. The van der Waals surface area contributed by atoms with Crippen molar-refractivity contribution < 1.29 is 21.1 Å². The van der Waals surface area contributed by atoms with Crippen LogP contribution < -0.4 is 16.0 Å². The number of allylic oxidation sites excluding steroid dienone is 5. The first kappa shape index (κ1) is 23.1. The Morgan fingerprint density at radius 2 is 1.58 bits per heavy atom. The number of H-pyrrole nitrogens is 1. The summed E-state index contributed by atoms with van der Waals surface area (Å²) in [5, 5.41) is 24.2.